The number of hydrogen-bond acceptors (Lipinski definition) is 4. The zero-order chi connectivity index (χ0) is 14.8. The molecule has 0 aliphatic carbocycles. The van der Waals surface area contributed by atoms with Crippen LogP contribution in [0.3, 0.4) is 0 Å². The standard InChI is InChI=1S/C17H20N2O2/c1-11(2)21-17-9-12(7-8-14(17)18)19-15-10-20-16-6-4-3-5-13(15)16/h3-9,11,15,19H,10,18H2,1-2H3. The fourth-order valence-electron chi connectivity index (χ4n) is 2.46. The molecule has 21 heavy (non-hydrogen) atoms. The molecule has 3 rings (SSSR count). The predicted octanol–water partition coefficient (Wildman–Crippen LogP) is 3.60. The number of hydrogen-bond donors (Lipinski definition) is 2. The molecular formula is C17H20N2O2. The fourth-order valence-corrected chi connectivity index (χ4v) is 2.46. The maximum absolute atomic E-state index is 5.94. The highest BCUT2D eigenvalue weighted by atomic mass is 16.5. The van der Waals surface area contributed by atoms with Crippen molar-refractivity contribution in [2.24, 2.45) is 0 Å². The zero-order valence-electron chi connectivity index (χ0n) is 12.3. The first kappa shape index (κ1) is 13.6. The number of ether oxygens (including phenoxy) is 2. The van der Waals surface area contributed by atoms with Crippen LogP contribution in [0.25, 0.3) is 0 Å². The Morgan fingerprint density at radius 1 is 1.24 bits per heavy atom. The molecule has 0 radical (unpaired) electrons. The van der Waals surface area contributed by atoms with Crippen molar-refractivity contribution in [3.05, 3.63) is 48.0 Å². The van der Waals surface area contributed by atoms with Gasteiger partial charge in [-0.2, -0.15) is 0 Å². The largest absolute Gasteiger partial charge is 0.491 e. The smallest absolute Gasteiger partial charge is 0.144 e. The van der Waals surface area contributed by atoms with E-state index in [1.54, 1.807) is 0 Å². The second-order valence-corrected chi connectivity index (χ2v) is 5.46. The van der Waals surface area contributed by atoms with Crippen molar-refractivity contribution in [2.45, 2.75) is 26.0 Å². The van der Waals surface area contributed by atoms with E-state index in [-0.39, 0.29) is 12.1 Å². The van der Waals surface area contributed by atoms with Gasteiger partial charge >= 0.3 is 0 Å². The molecular weight excluding hydrogens is 264 g/mol. The van der Waals surface area contributed by atoms with E-state index in [1.165, 1.54) is 5.56 Å². The number of para-hydroxylation sites is 1. The normalized spacial score (nSPS) is 16.4. The minimum Gasteiger partial charge on any atom is -0.491 e. The summed E-state index contributed by atoms with van der Waals surface area (Å²) in [6, 6.07) is 14.0. The van der Waals surface area contributed by atoms with Gasteiger partial charge in [-0.3, -0.25) is 0 Å². The van der Waals surface area contributed by atoms with E-state index in [9.17, 15) is 0 Å². The van der Waals surface area contributed by atoms with Crippen molar-refractivity contribution in [1.29, 1.82) is 0 Å². The number of nitrogen functional groups attached to an aromatic ring is 1. The zero-order valence-corrected chi connectivity index (χ0v) is 12.3. The topological polar surface area (TPSA) is 56.5 Å². The fraction of sp³-hybridized carbons (Fsp3) is 0.294. The molecule has 0 saturated heterocycles. The summed E-state index contributed by atoms with van der Waals surface area (Å²) in [6.45, 7) is 4.60. The van der Waals surface area contributed by atoms with E-state index in [1.807, 2.05) is 50.2 Å². The number of nitrogens with one attached hydrogen (secondary N) is 1. The lowest BCUT2D eigenvalue weighted by Crippen LogP contribution is -2.13. The van der Waals surface area contributed by atoms with Crippen molar-refractivity contribution in [3.8, 4) is 11.5 Å². The SMILES string of the molecule is CC(C)Oc1cc(NC2COc3ccccc32)ccc1N. The lowest BCUT2D eigenvalue weighted by molar-refractivity contribution is 0.244. The Balaban J connectivity index is 1.80. The van der Waals surface area contributed by atoms with Crippen LogP contribution in [0.15, 0.2) is 42.5 Å². The van der Waals surface area contributed by atoms with Crippen molar-refractivity contribution < 1.29 is 9.47 Å². The first-order valence-corrected chi connectivity index (χ1v) is 7.18. The highest BCUT2D eigenvalue weighted by Gasteiger charge is 2.23. The molecule has 0 fully saturated rings. The maximum atomic E-state index is 5.94. The van der Waals surface area contributed by atoms with Gasteiger partial charge in [0.15, 0.2) is 0 Å². The maximum Gasteiger partial charge on any atom is 0.144 e. The van der Waals surface area contributed by atoms with Crippen molar-refractivity contribution >= 4 is 11.4 Å². The molecule has 2 aromatic carbocycles. The van der Waals surface area contributed by atoms with Gasteiger partial charge in [0, 0.05) is 17.3 Å². The molecule has 1 atom stereocenters. The van der Waals surface area contributed by atoms with E-state index in [0.29, 0.717) is 18.0 Å². The monoisotopic (exact) mass is 284 g/mol. The summed E-state index contributed by atoms with van der Waals surface area (Å²) in [5.74, 6) is 1.66. The van der Waals surface area contributed by atoms with Crippen LogP contribution < -0.4 is 20.5 Å². The second kappa shape index (κ2) is 5.56. The van der Waals surface area contributed by atoms with Gasteiger partial charge in [0.1, 0.15) is 18.1 Å². The predicted molar refractivity (Wildman–Crippen MR) is 84.9 cm³/mol. The number of benzene rings is 2. The molecule has 0 aromatic heterocycles. The second-order valence-electron chi connectivity index (χ2n) is 5.46. The van der Waals surface area contributed by atoms with Crippen LogP contribution in [0.5, 0.6) is 11.5 Å². The van der Waals surface area contributed by atoms with Crippen LogP contribution in [0.2, 0.25) is 0 Å². The molecule has 1 aliphatic heterocycles. The van der Waals surface area contributed by atoms with Crippen LogP contribution >= 0.6 is 0 Å². The van der Waals surface area contributed by atoms with Gasteiger partial charge in [-0.1, -0.05) is 18.2 Å². The summed E-state index contributed by atoms with van der Waals surface area (Å²) in [6.07, 6.45) is 0.0955. The minimum absolute atomic E-state index is 0.0955. The third kappa shape index (κ3) is 2.89. The van der Waals surface area contributed by atoms with E-state index >= 15 is 0 Å². The van der Waals surface area contributed by atoms with E-state index in [4.69, 9.17) is 15.2 Å². The Bertz CT molecular complexity index is 640. The number of fused-ring (bicyclic) bond motifs is 1. The first-order chi connectivity index (χ1) is 10.1. The Morgan fingerprint density at radius 3 is 2.86 bits per heavy atom. The van der Waals surface area contributed by atoms with E-state index in [2.05, 4.69) is 11.4 Å². The van der Waals surface area contributed by atoms with Gasteiger partial charge in [0.2, 0.25) is 0 Å². The van der Waals surface area contributed by atoms with Crippen LogP contribution in [0.1, 0.15) is 25.5 Å². The Kier molecular flexibility index (Phi) is 3.60. The van der Waals surface area contributed by atoms with Crippen molar-refractivity contribution in [2.75, 3.05) is 17.7 Å². The molecule has 110 valence electrons. The molecule has 2 aromatic rings. The van der Waals surface area contributed by atoms with E-state index < -0.39 is 0 Å². The van der Waals surface area contributed by atoms with Gasteiger partial charge < -0.3 is 20.5 Å². The quantitative estimate of drug-likeness (QED) is 0.842. The van der Waals surface area contributed by atoms with Crippen LogP contribution in [-0.4, -0.2) is 12.7 Å². The summed E-state index contributed by atoms with van der Waals surface area (Å²) in [7, 11) is 0. The third-order valence-corrected chi connectivity index (χ3v) is 3.42. The first-order valence-electron chi connectivity index (χ1n) is 7.18. The van der Waals surface area contributed by atoms with Gasteiger partial charge in [-0.05, 0) is 32.0 Å². The average molecular weight is 284 g/mol. The Labute approximate surface area is 124 Å². The average Bonchev–Trinajstić information content (AvgIpc) is 2.85. The molecule has 4 heteroatoms. The summed E-state index contributed by atoms with van der Waals surface area (Å²) >= 11 is 0. The molecule has 0 spiro atoms. The van der Waals surface area contributed by atoms with Crippen molar-refractivity contribution in [3.63, 3.8) is 0 Å². The van der Waals surface area contributed by atoms with Gasteiger partial charge in [0.25, 0.3) is 0 Å². The molecule has 3 N–H and O–H groups in total. The van der Waals surface area contributed by atoms with Gasteiger partial charge in [-0.25, -0.2) is 0 Å². The molecule has 1 unspecified atom stereocenters. The van der Waals surface area contributed by atoms with Crippen LogP contribution in [0, 0.1) is 0 Å². The minimum atomic E-state index is 0.0955. The summed E-state index contributed by atoms with van der Waals surface area (Å²) in [4.78, 5) is 0. The summed E-state index contributed by atoms with van der Waals surface area (Å²) in [5, 5.41) is 3.48. The Hall–Kier alpha value is -2.36. The lowest BCUT2D eigenvalue weighted by Gasteiger charge is -2.17. The highest BCUT2D eigenvalue weighted by molar-refractivity contribution is 5.62. The summed E-state index contributed by atoms with van der Waals surface area (Å²) in [5.41, 5.74) is 8.75. The molecule has 0 bridgehead atoms. The molecule has 1 heterocycles. The molecule has 4 nitrogen and oxygen atoms in total. The molecule has 0 amide bonds. The van der Waals surface area contributed by atoms with Crippen molar-refractivity contribution in [1.82, 2.24) is 0 Å². The molecule has 1 aliphatic rings. The highest BCUT2D eigenvalue weighted by Crippen LogP contribution is 2.35. The Morgan fingerprint density at radius 2 is 2.05 bits per heavy atom. The number of anilines is 2. The molecule has 0 saturated carbocycles. The van der Waals surface area contributed by atoms with Gasteiger partial charge in [-0.15, -0.1) is 0 Å². The number of nitrogens with two attached hydrogens (primary N) is 1. The van der Waals surface area contributed by atoms with Gasteiger partial charge in [0.05, 0.1) is 17.8 Å². The number of rotatable bonds is 4. The van der Waals surface area contributed by atoms with E-state index in [0.717, 1.165) is 11.4 Å². The third-order valence-electron chi connectivity index (χ3n) is 3.42. The lowest BCUT2D eigenvalue weighted by atomic mass is 10.1. The summed E-state index contributed by atoms with van der Waals surface area (Å²) < 4.78 is 11.4. The van der Waals surface area contributed by atoms with Crippen LogP contribution in [-0.2, 0) is 0 Å². The van der Waals surface area contributed by atoms with Crippen LogP contribution in [0.4, 0.5) is 11.4 Å².